The predicted octanol–water partition coefficient (Wildman–Crippen LogP) is 3.64. The van der Waals surface area contributed by atoms with Crippen LogP contribution in [0.4, 0.5) is 0 Å². The Labute approximate surface area is 160 Å². The zero-order chi connectivity index (χ0) is 19.8. The van der Waals surface area contributed by atoms with E-state index in [1.807, 2.05) is 0 Å². The quantitative estimate of drug-likeness (QED) is 0.645. The molecule has 1 aliphatic carbocycles. The number of allylic oxidation sites excluding steroid dienone is 1. The van der Waals surface area contributed by atoms with Crippen molar-refractivity contribution in [1.29, 1.82) is 0 Å². The van der Waals surface area contributed by atoms with E-state index >= 15 is 0 Å². The summed E-state index contributed by atoms with van der Waals surface area (Å²) in [6, 6.07) is 8.50. The number of fused-ring (bicyclic) bond motifs is 2. The van der Waals surface area contributed by atoms with E-state index in [0.29, 0.717) is 51.3 Å². The summed E-state index contributed by atoms with van der Waals surface area (Å²) in [4.78, 5) is 25.7. The van der Waals surface area contributed by atoms with Crippen LogP contribution in [-0.2, 0) is 6.42 Å². The van der Waals surface area contributed by atoms with Crippen LogP contribution in [0.1, 0.15) is 21.5 Å². The molecule has 0 atom stereocenters. The van der Waals surface area contributed by atoms with Crippen molar-refractivity contribution in [3.63, 3.8) is 0 Å². The highest BCUT2D eigenvalue weighted by Crippen LogP contribution is 2.37. The molecule has 0 fully saturated rings. The summed E-state index contributed by atoms with van der Waals surface area (Å²) >= 11 is 0. The van der Waals surface area contributed by atoms with Crippen molar-refractivity contribution >= 4 is 22.8 Å². The van der Waals surface area contributed by atoms with Crippen LogP contribution in [0.15, 0.2) is 51.4 Å². The number of Topliss-reactive ketones (excluding diaryl/α,β-unsaturated/α-hetero) is 1. The van der Waals surface area contributed by atoms with E-state index in [1.165, 1.54) is 20.5 Å². The molecule has 2 aromatic carbocycles. The first kappa shape index (κ1) is 17.9. The standard InChI is InChI=1S/C22H18O6/c1-25-15-4-5-18-17(9-15)22(24)14(11-28-18)7-13-6-12-8-19(26-2)20(27-3)10-16(12)21(13)23/h4-5,7-11H,6H2,1-3H3/b13-7-. The SMILES string of the molecule is COc1ccc2occ(/C=C3/Cc4cc(OC)c(OC)cc4C3=O)c(=O)c2c1. The van der Waals surface area contributed by atoms with E-state index in [4.69, 9.17) is 18.6 Å². The second-order valence-corrected chi connectivity index (χ2v) is 6.42. The Morgan fingerprint density at radius 3 is 2.43 bits per heavy atom. The monoisotopic (exact) mass is 378 g/mol. The summed E-state index contributed by atoms with van der Waals surface area (Å²) in [5, 5.41) is 0.403. The number of carbonyl (C=O) groups excluding carboxylic acids is 1. The molecular formula is C22H18O6. The van der Waals surface area contributed by atoms with Gasteiger partial charge in [-0.2, -0.15) is 0 Å². The summed E-state index contributed by atoms with van der Waals surface area (Å²) in [6.45, 7) is 0. The lowest BCUT2D eigenvalue weighted by Gasteiger charge is -2.08. The van der Waals surface area contributed by atoms with Gasteiger partial charge in [0.1, 0.15) is 17.6 Å². The minimum absolute atomic E-state index is 0.138. The molecule has 0 spiro atoms. The first-order valence-electron chi connectivity index (χ1n) is 8.65. The predicted molar refractivity (Wildman–Crippen MR) is 105 cm³/mol. The first-order chi connectivity index (χ1) is 13.5. The summed E-state index contributed by atoms with van der Waals surface area (Å²) in [6.07, 6.45) is 3.37. The van der Waals surface area contributed by atoms with Crippen LogP contribution in [0.2, 0.25) is 0 Å². The van der Waals surface area contributed by atoms with Crippen molar-refractivity contribution in [2.45, 2.75) is 6.42 Å². The summed E-state index contributed by atoms with van der Waals surface area (Å²) in [5.74, 6) is 1.48. The van der Waals surface area contributed by atoms with Gasteiger partial charge in [-0.15, -0.1) is 0 Å². The molecule has 0 radical (unpaired) electrons. The molecular weight excluding hydrogens is 360 g/mol. The van der Waals surface area contributed by atoms with E-state index in [9.17, 15) is 9.59 Å². The van der Waals surface area contributed by atoms with Gasteiger partial charge in [0, 0.05) is 17.6 Å². The maximum atomic E-state index is 12.9. The minimum Gasteiger partial charge on any atom is -0.497 e. The maximum absolute atomic E-state index is 12.9. The highest BCUT2D eigenvalue weighted by atomic mass is 16.5. The molecule has 4 rings (SSSR count). The van der Waals surface area contributed by atoms with Crippen LogP contribution in [0.5, 0.6) is 17.2 Å². The third-order valence-electron chi connectivity index (χ3n) is 4.86. The van der Waals surface area contributed by atoms with Gasteiger partial charge < -0.3 is 18.6 Å². The van der Waals surface area contributed by atoms with Gasteiger partial charge >= 0.3 is 0 Å². The molecule has 0 saturated carbocycles. The molecule has 0 aliphatic heterocycles. The minimum atomic E-state index is -0.216. The Bertz CT molecular complexity index is 1190. The Balaban J connectivity index is 1.78. The van der Waals surface area contributed by atoms with Crippen LogP contribution >= 0.6 is 0 Å². The van der Waals surface area contributed by atoms with Crippen molar-refractivity contribution in [2.24, 2.45) is 0 Å². The number of hydrogen-bond donors (Lipinski definition) is 0. The van der Waals surface area contributed by atoms with Crippen LogP contribution in [-0.4, -0.2) is 27.1 Å². The fourth-order valence-corrected chi connectivity index (χ4v) is 3.39. The highest BCUT2D eigenvalue weighted by Gasteiger charge is 2.27. The zero-order valence-corrected chi connectivity index (χ0v) is 15.7. The molecule has 1 aliphatic rings. The average Bonchev–Trinajstić information content (AvgIpc) is 3.03. The Morgan fingerprint density at radius 1 is 0.964 bits per heavy atom. The average molecular weight is 378 g/mol. The number of ketones is 1. The van der Waals surface area contributed by atoms with Crippen molar-refractivity contribution in [1.82, 2.24) is 0 Å². The van der Waals surface area contributed by atoms with E-state index in [1.54, 1.807) is 43.5 Å². The molecule has 1 aromatic heterocycles. The lowest BCUT2D eigenvalue weighted by molar-refractivity contribution is 0.104. The molecule has 3 aromatic rings. The van der Waals surface area contributed by atoms with Gasteiger partial charge in [-0.3, -0.25) is 9.59 Å². The molecule has 0 unspecified atom stereocenters. The van der Waals surface area contributed by atoms with E-state index in [2.05, 4.69) is 0 Å². The van der Waals surface area contributed by atoms with Crippen LogP contribution < -0.4 is 19.6 Å². The molecule has 6 heteroatoms. The van der Waals surface area contributed by atoms with Gasteiger partial charge in [0.2, 0.25) is 0 Å². The largest absolute Gasteiger partial charge is 0.497 e. The van der Waals surface area contributed by atoms with Gasteiger partial charge in [-0.25, -0.2) is 0 Å². The van der Waals surface area contributed by atoms with E-state index in [-0.39, 0.29) is 11.2 Å². The van der Waals surface area contributed by atoms with Gasteiger partial charge in [0.15, 0.2) is 22.7 Å². The third kappa shape index (κ3) is 2.83. The molecule has 0 bridgehead atoms. The molecule has 28 heavy (non-hydrogen) atoms. The smallest absolute Gasteiger partial charge is 0.200 e. The van der Waals surface area contributed by atoms with Crippen molar-refractivity contribution < 1.29 is 23.4 Å². The molecule has 0 amide bonds. The number of benzene rings is 2. The summed E-state index contributed by atoms with van der Waals surface area (Å²) in [7, 11) is 4.60. The van der Waals surface area contributed by atoms with Gasteiger partial charge in [-0.05, 0) is 42.0 Å². The molecule has 0 saturated heterocycles. The topological polar surface area (TPSA) is 75.0 Å². The number of ether oxygens (including phenoxy) is 3. The number of methoxy groups -OCH3 is 3. The van der Waals surface area contributed by atoms with Crippen LogP contribution in [0, 0.1) is 0 Å². The van der Waals surface area contributed by atoms with E-state index < -0.39 is 0 Å². The third-order valence-corrected chi connectivity index (χ3v) is 4.86. The first-order valence-corrected chi connectivity index (χ1v) is 8.65. The fourth-order valence-electron chi connectivity index (χ4n) is 3.39. The molecule has 1 heterocycles. The Morgan fingerprint density at radius 2 is 1.71 bits per heavy atom. The molecule has 142 valence electrons. The van der Waals surface area contributed by atoms with Crippen molar-refractivity contribution in [2.75, 3.05) is 21.3 Å². The zero-order valence-electron chi connectivity index (χ0n) is 15.7. The lowest BCUT2D eigenvalue weighted by atomic mass is 10.1. The van der Waals surface area contributed by atoms with Crippen molar-refractivity contribution in [3.8, 4) is 17.2 Å². The van der Waals surface area contributed by atoms with Gasteiger partial charge in [0.05, 0.1) is 32.3 Å². The van der Waals surface area contributed by atoms with Crippen molar-refractivity contribution in [3.05, 3.63) is 69.1 Å². The molecule has 0 N–H and O–H groups in total. The van der Waals surface area contributed by atoms with Crippen LogP contribution in [0.3, 0.4) is 0 Å². The van der Waals surface area contributed by atoms with E-state index in [0.717, 1.165) is 5.56 Å². The Kier molecular flexibility index (Phi) is 4.39. The summed E-state index contributed by atoms with van der Waals surface area (Å²) < 4.78 is 21.3. The second kappa shape index (κ2) is 6.88. The number of rotatable bonds is 4. The lowest BCUT2D eigenvalue weighted by Crippen LogP contribution is -2.06. The fraction of sp³-hybridized carbons (Fsp3) is 0.182. The molecule has 6 nitrogen and oxygen atoms in total. The normalized spacial score (nSPS) is 14.4. The Hall–Kier alpha value is -3.54. The second-order valence-electron chi connectivity index (χ2n) is 6.42. The van der Waals surface area contributed by atoms with Crippen LogP contribution in [0.25, 0.3) is 17.0 Å². The summed E-state index contributed by atoms with van der Waals surface area (Å²) in [5.41, 5.74) is 2.46. The van der Waals surface area contributed by atoms with Gasteiger partial charge in [-0.1, -0.05) is 0 Å². The maximum Gasteiger partial charge on any atom is 0.200 e. The number of carbonyl (C=O) groups is 1. The highest BCUT2D eigenvalue weighted by molar-refractivity contribution is 6.16. The van der Waals surface area contributed by atoms with Gasteiger partial charge in [0.25, 0.3) is 0 Å². The number of hydrogen-bond acceptors (Lipinski definition) is 6.